The number of halogens is 3. The number of nitrogens with two attached hydrogens (primary N) is 1. The van der Waals surface area contributed by atoms with Gasteiger partial charge in [-0.25, -0.2) is 10.1 Å². The molecule has 1 atom stereocenters. The summed E-state index contributed by atoms with van der Waals surface area (Å²) in [5.74, 6) is 0. The molecule has 1 aromatic heterocycles. The average molecular weight is 474 g/mol. The summed E-state index contributed by atoms with van der Waals surface area (Å²) in [4.78, 5) is 14.4. The van der Waals surface area contributed by atoms with Gasteiger partial charge in [-0.1, -0.05) is 31.0 Å². The van der Waals surface area contributed by atoms with Crippen LogP contribution in [0.2, 0.25) is 0 Å². The lowest BCUT2D eigenvalue weighted by atomic mass is 9.84. The summed E-state index contributed by atoms with van der Waals surface area (Å²) >= 11 is 0. The van der Waals surface area contributed by atoms with Crippen molar-refractivity contribution >= 4 is 28.8 Å². The molecule has 1 saturated carbocycles. The van der Waals surface area contributed by atoms with Crippen LogP contribution in [-0.4, -0.2) is 46.1 Å². The lowest BCUT2D eigenvalue weighted by Gasteiger charge is -2.31. The molecule has 4 N–H and O–H groups in total. The predicted molar refractivity (Wildman–Crippen MR) is 123 cm³/mol. The highest BCUT2D eigenvalue weighted by Crippen LogP contribution is 2.47. The van der Waals surface area contributed by atoms with Crippen LogP contribution in [0.15, 0.2) is 48.7 Å². The van der Waals surface area contributed by atoms with Gasteiger partial charge in [0.05, 0.1) is 5.56 Å². The zero-order valence-electron chi connectivity index (χ0n) is 19.1. The zero-order valence-corrected chi connectivity index (χ0v) is 19.1. The number of primary amides is 1. The molecule has 0 saturated heterocycles. The number of urea groups is 1. The van der Waals surface area contributed by atoms with Crippen LogP contribution in [0.25, 0.3) is 10.9 Å². The number of nitrogens with one attached hydrogen (secondary N) is 1. The van der Waals surface area contributed by atoms with E-state index < -0.39 is 17.3 Å². The van der Waals surface area contributed by atoms with Gasteiger partial charge in [-0.3, -0.25) is 4.90 Å². The van der Waals surface area contributed by atoms with Crippen molar-refractivity contribution in [1.82, 2.24) is 9.47 Å². The fourth-order valence-corrected chi connectivity index (χ4v) is 4.86. The number of carbonyl (C=O) groups excluding carboxylic acids is 1. The molecule has 180 valence electrons. The van der Waals surface area contributed by atoms with E-state index in [-0.39, 0.29) is 28.6 Å². The molecule has 1 fully saturated rings. The Morgan fingerprint density at radius 2 is 1.88 bits per heavy atom. The maximum Gasteiger partial charge on any atom is 0.425 e. The van der Waals surface area contributed by atoms with E-state index in [0.717, 1.165) is 38.0 Å². The molecule has 0 aliphatic heterocycles. The Bertz CT molecular complexity index is 1230. The molecular weight excluding hydrogens is 445 g/mol. The van der Waals surface area contributed by atoms with Gasteiger partial charge in [-0.15, -0.1) is 0 Å². The minimum absolute atomic E-state index is 0.119. The van der Waals surface area contributed by atoms with E-state index >= 15 is 0 Å². The molecule has 6 nitrogen and oxygen atoms in total. The molecule has 9 heteroatoms. The quantitative estimate of drug-likeness (QED) is 0.384. The topological polar surface area (TPSA) is 85.9 Å². The van der Waals surface area contributed by atoms with Gasteiger partial charge >= 0.3 is 12.2 Å². The van der Waals surface area contributed by atoms with E-state index in [0.29, 0.717) is 11.2 Å². The summed E-state index contributed by atoms with van der Waals surface area (Å²) in [5.41, 5.74) is -3.00. The minimum atomic E-state index is -5.03. The molecule has 0 spiro atoms. The van der Waals surface area contributed by atoms with Gasteiger partial charge < -0.3 is 15.1 Å². The summed E-state index contributed by atoms with van der Waals surface area (Å²) in [6.45, 7) is 0. The Morgan fingerprint density at radius 3 is 2.53 bits per heavy atom. The largest absolute Gasteiger partial charge is 0.425 e. The van der Waals surface area contributed by atoms with Crippen LogP contribution < -0.4 is 5.32 Å². The molecule has 3 aromatic rings. The fraction of sp³-hybridized carbons (Fsp3) is 0.360. The van der Waals surface area contributed by atoms with Crippen molar-refractivity contribution in [2.24, 2.45) is 7.05 Å². The summed E-state index contributed by atoms with van der Waals surface area (Å²) < 4.78 is 44.9. The number of alkyl halides is 3. The van der Waals surface area contributed by atoms with Gasteiger partial charge in [0.2, 0.25) is 5.60 Å². The van der Waals surface area contributed by atoms with Crippen molar-refractivity contribution in [3.8, 4) is 0 Å². The van der Waals surface area contributed by atoms with E-state index in [9.17, 15) is 23.1 Å². The van der Waals surface area contributed by atoms with Gasteiger partial charge in [0.1, 0.15) is 5.69 Å². The number of quaternary nitrogens is 1. The maximum absolute atomic E-state index is 14.5. The number of benzene rings is 2. The SMILES string of the molecule is CN(C(=O)[NH2+]c1ccc(C(O)(c2cn(C)c3ccccc23)C(F)(F)F)cc1C=N)C1CCCC1. The van der Waals surface area contributed by atoms with Gasteiger partial charge in [0, 0.05) is 55.1 Å². The third kappa shape index (κ3) is 3.99. The molecule has 0 radical (unpaired) electrons. The maximum atomic E-state index is 14.5. The van der Waals surface area contributed by atoms with Gasteiger partial charge in [0.25, 0.3) is 0 Å². The number of para-hydroxylation sites is 1. The number of aromatic nitrogens is 1. The lowest BCUT2D eigenvalue weighted by molar-refractivity contribution is -0.473. The van der Waals surface area contributed by atoms with Crippen molar-refractivity contribution < 1.29 is 28.4 Å². The monoisotopic (exact) mass is 473 g/mol. The molecule has 2 amide bonds. The molecule has 0 bridgehead atoms. The van der Waals surface area contributed by atoms with E-state index in [1.165, 1.54) is 23.6 Å². The number of carbonyl (C=O) groups is 1. The Morgan fingerprint density at radius 1 is 1.21 bits per heavy atom. The average Bonchev–Trinajstić information content (AvgIpc) is 3.46. The first-order valence-electron chi connectivity index (χ1n) is 11.2. The lowest BCUT2D eigenvalue weighted by Crippen LogP contribution is -2.86. The van der Waals surface area contributed by atoms with Crippen LogP contribution in [-0.2, 0) is 12.6 Å². The normalized spacial score (nSPS) is 16.5. The third-order valence-corrected chi connectivity index (χ3v) is 6.86. The molecule has 1 unspecified atom stereocenters. The Labute approximate surface area is 195 Å². The number of hydrogen-bond donors (Lipinski definition) is 3. The second-order valence-corrected chi connectivity index (χ2v) is 8.90. The number of rotatable bonds is 5. The molecule has 4 rings (SSSR count). The summed E-state index contributed by atoms with van der Waals surface area (Å²) in [7, 11) is 3.34. The van der Waals surface area contributed by atoms with Crippen LogP contribution >= 0.6 is 0 Å². The number of aryl methyl sites for hydroxylation is 1. The first-order valence-corrected chi connectivity index (χ1v) is 11.2. The predicted octanol–water partition coefficient (Wildman–Crippen LogP) is 4.16. The van der Waals surface area contributed by atoms with Gasteiger partial charge in [0.15, 0.2) is 0 Å². The standard InChI is InChI=1S/C25H27F3N4O2/c1-31-15-20(19-9-5-6-10-22(19)31)24(34,25(26,27)28)17-11-12-21(16(13-17)14-29)30-23(33)32(2)18-7-3-4-8-18/h5-6,9-15,18,29,34H,3-4,7-8H2,1-2H3,(H,30,33)/p+1. The third-order valence-electron chi connectivity index (χ3n) is 6.86. The molecule has 1 aliphatic rings. The second-order valence-electron chi connectivity index (χ2n) is 8.90. The second kappa shape index (κ2) is 8.88. The Kier molecular flexibility index (Phi) is 6.26. The van der Waals surface area contributed by atoms with E-state index in [1.54, 1.807) is 47.8 Å². The molecular formula is C25H28F3N4O2+. The van der Waals surface area contributed by atoms with Crippen LogP contribution in [0, 0.1) is 5.41 Å². The zero-order chi connectivity index (χ0) is 24.7. The summed E-state index contributed by atoms with van der Waals surface area (Å²) in [6, 6.07) is 10.1. The fourth-order valence-electron chi connectivity index (χ4n) is 4.86. The highest BCUT2D eigenvalue weighted by atomic mass is 19.4. The van der Waals surface area contributed by atoms with Crippen molar-refractivity contribution in [1.29, 1.82) is 5.41 Å². The summed E-state index contributed by atoms with van der Waals surface area (Å²) in [6.07, 6.45) is 1.13. The van der Waals surface area contributed by atoms with Crippen LogP contribution in [0.1, 0.15) is 42.4 Å². The van der Waals surface area contributed by atoms with E-state index in [4.69, 9.17) is 5.41 Å². The van der Waals surface area contributed by atoms with Gasteiger partial charge in [-0.05, 0) is 36.6 Å². The van der Waals surface area contributed by atoms with Crippen molar-refractivity contribution in [2.45, 2.75) is 43.5 Å². The van der Waals surface area contributed by atoms with Crippen molar-refractivity contribution in [3.63, 3.8) is 0 Å². The first-order chi connectivity index (χ1) is 16.1. The van der Waals surface area contributed by atoms with E-state index in [1.807, 2.05) is 0 Å². The highest BCUT2D eigenvalue weighted by molar-refractivity contribution is 5.87. The number of fused-ring (bicyclic) bond motifs is 1. The van der Waals surface area contributed by atoms with Crippen molar-refractivity contribution in [3.05, 3.63) is 65.4 Å². The molecule has 34 heavy (non-hydrogen) atoms. The van der Waals surface area contributed by atoms with Crippen LogP contribution in [0.4, 0.5) is 23.7 Å². The first kappa shape index (κ1) is 24.0. The number of amides is 2. The number of nitrogens with zero attached hydrogens (tertiary/aromatic N) is 2. The molecule has 1 heterocycles. The minimum Gasteiger partial charge on any atom is -0.372 e. The van der Waals surface area contributed by atoms with Gasteiger partial charge in [-0.2, -0.15) is 13.2 Å². The van der Waals surface area contributed by atoms with Crippen LogP contribution in [0.3, 0.4) is 0 Å². The van der Waals surface area contributed by atoms with Crippen molar-refractivity contribution in [2.75, 3.05) is 7.05 Å². The number of aliphatic hydroxyl groups is 1. The molecule has 1 aliphatic carbocycles. The smallest absolute Gasteiger partial charge is 0.372 e. The number of hydrogen-bond acceptors (Lipinski definition) is 3. The summed E-state index contributed by atoms with van der Waals surface area (Å²) in [5, 5.41) is 20.6. The Balaban J connectivity index is 1.75. The molecule has 2 aromatic carbocycles. The Hall–Kier alpha value is -3.17. The van der Waals surface area contributed by atoms with E-state index in [2.05, 4.69) is 0 Å². The highest BCUT2D eigenvalue weighted by Gasteiger charge is 2.57. The van der Waals surface area contributed by atoms with Crippen LogP contribution in [0.5, 0.6) is 0 Å².